The van der Waals surface area contributed by atoms with Crippen LogP contribution in [0.15, 0.2) is 23.2 Å². The number of rotatable bonds is 14. The maximum Gasteiger partial charge on any atom is 0.387 e. The number of guanidine groups is 1. The SMILES string of the molecule is CCOc1cccc(CNC(=NC)NCCCCOCCOC)c1OC(F)F.I. The van der Waals surface area contributed by atoms with E-state index in [-0.39, 0.29) is 36.3 Å². The third-order valence-electron chi connectivity index (χ3n) is 3.68. The number of nitrogens with one attached hydrogen (secondary N) is 2. The van der Waals surface area contributed by atoms with Crippen molar-refractivity contribution in [2.45, 2.75) is 32.9 Å². The highest BCUT2D eigenvalue weighted by molar-refractivity contribution is 14.0. The molecule has 0 fully saturated rings. The number of para-hydroxylation sites is 1. The van der Waals surface area contributed by atoms with Crippen molar-refractivity contribution < 1.29 is 27.7 Å². The molecule has 0 saturated carbocycles. The summed E-state index contributed by atoms with van der Waals surface area (Å²) in [6, 6.07) is 5.05. The summed E-state index contributed by atoms with van der Waals surface area (Å²) in [7, 11) is 3.29. The molecule has 0 radical (unpaired) electrons. The second-order valence-electron chi connectivity index (χ2n) is 5.72. The van der Waals surface area contributed by atoms with Gasteiger partial charge < -0.3 is 29.6 Å². The summed E-state index contributed by atoms with van der Waals surface area (Å²) < 4.78 is 45.9. The molecule has 0 unspecified atom stereocenters. The number of unbranched alkanes of at least 4 members (excludes halogenated alkanes) is 1. The highest BCUT2D eigenvalue weighted by Crippen LogP contribution is 2.32. The summed E-state index contributed by atoms with van der Waals surface area (Å²) in [5.41, 5.74) is 0.556. The minimum atomic E-state index is -2.93. The van der Waals surface area contributed by atoms with E-state index in [0.717, 1.165) is 12.8 Å². The molecule has 0 bridgehead atoms. The Morgan fingerprint density at radius 3 is 2.59 bits per heavy atom. The molecule has 2 N–H and O–H groups in total. The van der Waals surface area contributed by atoms with Gasteiger partial charge in [-0.15, -0.1) is 24.0 Å². The summed E-state index contributed by atoms with van der Waals surface area (Å²) in [5, 5.41) is 6.28. The van der Waals surface area contributed by atoms with Crippen LogP contribution >= 0.6 is 24.0 Å². The molecule has 0 atom stereocenters. The quantitative estimate of drug-likeness (QED) is 0.166. The van der Waals surface area contributed by atoms with E-state index in [1.165, 1.54) is 0 Å². The van der Waals surface area contributed by atoms with Crippen molar-refractivity contribution in [1.29, 1.82) is 0 Å². The molecule has 29 heavy (non-hydrogen) atoms. The van der Waals surface area contributed by atoms with Crippen LogP contribution in [0, 0.1) is 0 Å². The van der Waals surface area contributed by atoms with Gasteiger partial charge in [-0.1, -0.05) is 12.1 Å². The largest absolute Gasteiger partial charge is 0.490 e. The van der Waals surface area contributed by atoms with E-state index in [9.17, 15) is 8.78 Å². The van der Waals surface area contributed by atoms with Crippen LogP contribution in [0.4, 0.5) is 8.78 Å². The van der Waals surface area contributed by atoms with Gasteiger partial charge in [-0.2, -0.15) is 8.78 Å². The zero-order valence-electron chi connectivity index (χ0n) is 17.2. The lowest BCUT2D eigenvalue weighted by molar-refractivity contribution is -0.0520. The summed E-state index contributed by atoms with van der Waals surface area (Å²) in [5.74, 6) is 0.902. The van der Waals surface area contributed by atoms with E-state index < -0.39 is 6.61 Å². The number of methoxy groups -OCH3 is 1. The Morgan fingerprint density at radius 2 is 1.93 bits per heavy atom. The number of aliphatic imine (C=N–C) groups is 1. The normalized spacial score (nSPS) is 11.2. The van der Waals surface area contributed by atoms with Gasteiger partial charge >= 0.3 is 6.61 Å². The lowest BCUT2D eigenvalue weighted by Gasteiger charge is -2.17. The van der Waals surface area contributed by atoms with Crippen molar-refractivity contribution in [3.8, 4) is 11.5 Å². The average Bonchev–Trinajstić information content (AvgIpc) is 2.68. The molecule has 1 aromatic carbocycles. The average molecular weight is 531 g/mol. The van der Waals surface area contributed by atoms with Crippen LogP contribution in [0.3, 0.4) is 0 Å². The molecule has 1 aromatic rings. The standard InChI is InChI=1S/C19H31F2N3O4.HI/c1-4-27-16-9-7-8-15(17(16)28-18(20)21)14-24-19(22-2)23-10-5-6-11-26-13-12-25-3;/h7-9,18H,4-6,10-14H2,1-3H3,(H2,22,23,24);1H. The minimum absolute atomic E-state index is 0. The van der Waals surface area contributed by atoms with Gasteiger partial charge in [-0.25, -0.2) is 0 Å². The fourth-order valence-corrected chi connectivity index (χ4v) is 2.37. The number of halogens is 3. The first kappa shape index (κ1) is 27.6. The number of hydrogen-bond donors (Lipinski definition) is 2. The summed E-state index contributed by atoms with van der Waals surface area (Å²) >= 11 is 0. The molecular formula is C19H32F2IN3O4. The van der Waals surface area contributed by atoms with Crippen LogP contribution in [-0.4, -0.2) is 59.7 Å². The van der Waals surface area contributed by atoms with Crippen molar-refractivity contribution in [2.75, 3.05) is 47.1 Å². The number of hydrogen-bond acceptors (Lipinski definition) is 5. The van der Waals surface area contributed by atoms with Crippen molar-refractivity contribution >= 4 is 29.9 Å². The topological polar surface area (TPSA) is 73.3 Å². The van der Waals surface area contributed by atoms with Crippen molar-refractivity contribution in [1.82, 2.24) is 10.6 Å². The molecule has 0 amide bonds. The molecule has 0 heterocycles. The van der Waals surface area contributed by atoms with Crippen LogP contribution in [0.1, 0.15) is 25.3 Å². The predicted octanol–water partition coefficient (Wildman–Crippen LogP) is 3.41. The highest BCUT2D eigenvalue weighted by atomic mass is 127. The van der Waals surface area contributed by atoms with Crippen LogP contribution in [0.5, 0.6) is 11.5 Å². The zero-order chi connectivity index (χ0) is 20.6. The maximum atomic E-state index is 12.8. The van der Waals surface area contributed by atoms with E-state index in [1.807, 2.05) is 0 Å². The van der Waals surface area contributed by atoms with Crippen LogP contribution in [-0.2, 0) is 16.0 Å². The fraction of sp³-hybridized carbons (Fsp3) is 0.632. The molecule has 10 heteroatoms. The molecule has 168 valence electrons. The van der Waals surface area contributed by atoms with Gasteiger partial charge in [-0.3, -0.25) is 4.99 Å². The molecule has 0 saturated heterocycles. The summed E-state index contributed by atoms with van der Waals surface area (Å²) in [4.78, 5) is 4.14. The van der Waals surface area contributed by atoms with Gasteiger partial charge in [0.15, 0.2) is 17.5 Å². The van der Waals surface area contributed by atoms with E-state index in [1.54, 1.807) is 39.3 Å². The van der Waals surface area contributed by atoms with Gasteiger partial charge in [0.05, 0.1) is 19.8 Å². The van der Waals surface area contributed by atoms with Crippen LogP contribution in [0.25, 0.3) is 0 Å². The number of ether oxygens (including phenoxy) is 4. The lowest BCUT2D eigenvalue weighted by atomic mass is 10.2. The van der Waals surface area contributed by atoms with Gasteiger partial charge in [0.1, 0.15) is 0 Å². The second kappa shape index (κ2) is 17.5. The number of benzene rings is 1. The monoisotopic (exact) mass is 531 g/mol. The van der Waals surface area contributed by atoms with Crippen LogP contribution < -0.4 is 20.1 Å². The molecule has 0 aliphatic rings. The fourth-order valence-electron chi connectivity index (χ4n) is 2.37. The van der Waals surface area contributed by atoms with Crippen molar-refractivity contribution in [3.05, 3.63) is 23.8 Å². The van der Waals surface area contributed by atoms with Gasteiger partial charge in [0.2, 0.25) is 0 Å². The smallest absolute Gasteiger partial charge is 0.387 e. The van der Waals surface area contributed by atoms with E-state index in [4.69, 9.17) is 14.2 Å². The molecule has 0 aliphatic heterocycles. The first-order chi connectivity index (χ1) is 13.6. The lowest BCUT2D eigenvalue weighted by Crippen LogP contribution is -2.37. The van der Waals surface area contributed by atoms with E-state index in [0.29, 0.717) is 50.2 Å². The maximum absolute atomic E-state index is 12.8. The number of alkyl halides is 2. The van der Waals surface area contributed by atoms with Gasteiger partial charge in [-0.05, 0) is 25.8 Å². The molecular weight excluding hydrogens is 499 g/mol. The van der Waals surface area contributed by atoms with Crippen LogP contribution in [0.2, 0.25) is 0 Å². The first-order valence-corrected chi connectivity index (χ1v) is 9.33. The summed E-state index contributed by atoms with van der Waals surface area (Å²) in [6.45, 7) is 2.06. The van der Waals surface area contributed by atoms with Gasteiger partial charge in [0, 0.05) is 39.4 Å². The summed E-state index contributed by atoms with van der Waals surface area (Å²) in [6.07, 6.45) is 1.82. The molecule has 0 spiro atoms. The Hall–Kier alpha value is -1.40. The predicted molar refractivity (Wildman–Crippen MR) is 120 cm³/mol. The second-order valence-corrected chi connectivity index (χ2v) is 5.72. The Morgan fingerprint density at radius 1 is 1.14 bits per heavy atom. The zero-order valence-corrected chi connectivity index (χ0v) is 19.5. The Labute approximate surface area is 188 Å². The molecule has 0 aromatic heterocycles. The Bertz CT molecular complexity index is 580. The molecule has 1 rings (SSSR count). The first-order valence-electron chi connectivity index (χ1n) is 9.33. The third-order valence-corrected chi connectivity index (χ3v) is 3.68. The van der Waals surface area contributed by atoms with E-state index >= 15 is 0 Å². The van der Waals surface area contributed by atoms with E-state index in [2.05, 4.69) is 20.4 Å². The minimum Gasteiger partial charge on any atom is -0.490 e. The molecule has 7 nitrogen and oxygen atoms in total. The Kier molecular flexibility index (Phi) is 16.6. The van der Waals surface area contributed by atoms with Crippen molar-refractivity contribution in [2.24, 2.45) is 4.99 Å². The highest BCUT2D eigenvalue weighted by Gasteiger charge is 2.15. The molecule has 0 aliphatic carbocycles. The third kappa shape index (κ3) is 12.0. The van der Waals surface area contributed by atoms with Gasteiger partial charge in [0.25, 0.3) is 0 Å². The van der Waals surface area contributed by atoms with Crippen molar-refractivity contribution in [3.63, 3.8) is 0 Å². The number of nitrogens with zero attached hydrogens (tertiary/aromatic N) is 1. The Balaban J connectivity index is 0.00000784.